The average Bonchev–Trinajstić information content (AvgIpc) is 2.39. The smallest absolute Gasteiger partial charge is 0.338 e. The van der Waals surface area contributed by atoms with Crippen LogP contribution in [0.25, 0.3) is 0 Å². The molecule has 0 fully saturated rings. The molecule has 3 nitrogen and oxygen atoms in total. The highest BCUT2D eigenvalue weighted by molar-refractivity contribution is 5.91. The molecule has 0 radical (unpaired) electrons. The molecule has 1 aromatic heterocycles. The molecule has 1 heterocycles. The van der Waals surface area contributed by atoms with E-state index in [1.54, 1.807) is 0 Å². The Labute approximate surface area is 113 Å². The molecule has 3 heteroatoms. The van der Waals surface area contributed by atoms with Crippen LogP contribution in [0.3, 0.4) is 0 Å². The molecule has 19 heavy (non-hydrogen) atoms. The molecule has 0 aliphatic carbocycles. The minimum atomic E-state index is -0.262. The Morgan fingerprint density at radius 1 is 1.11 bits per heavy atom. The lowest BCUT2D eigenvalue weighted by Gasteiger charge is -2.10. The maximum atomic E-state index is 12.0. The van der Waals surface area contributed by atoms with E-state index in [1.807, 2.05) is 73.3 Å². The zero-order valence-electron chi connectivity index (χ0n) is 11.2. The third-order valence-electron chi connectivity index (χ3n) is 2.71. The molecule has 2 rings (SSSR count). The summed E-state index contributed by atoms with van der Waals surface area (Å²) >= 11 is 0. The summed E-state index contributed by atoms with van der Waals surface area (Å²) in [5.41, 5.74) is 1.59. The van der Waals surface area contributed by atoms with Crippen LogP contribution < -0.4 is 4.57 Å². The van der Waals surface area contributed by atoms with Gasteiger partial charge in [-0.15, -0.1) is 0 Å². The first-order valence-corrected chi connectivity index (χ1v) is 6.40. The maximum Gasteiger partial charge on any atom is 0.338 e. The molecule has 0 unspecified atom stereocenters. The third-order valence-corrected chi connectivity index (χ3v) is 2.71. The Hall–Kier alpha value is -2.16. The number of hydrogen-bond donors (Lipinski definition) is 0. The van der Waals surface area contributed by atoms with E-state index in [0.29, 0.717) is 12.1 Å². The highest BCUT2D eigenvalue weighted by Crippen LogP contribution is 2.11. The van der Waals surface area contributed by atoms with E-state index in [-0.39, 0.29) is 12.1 Å². The number of carbonyl (C=O) groups is 1. The standard InChI is InChI=1S/C16H18NO2/c1-13(2)19-16(18)15-9-5-4-8-14(15)12-17-10-6-3-7-11-17/h3-11,13H,12H2,1-2H3/q+1. The summed E-state index contributed by atoms with van der Waals surface area (Å²) in [5.74, 6) is -0.262. The SMILES string of the molecule is CC(C)OC(=O)c1ccccc1C[n+]1ccccc1. The number of carbonyl (C=O) groups excluding carboxylic acids is 1. The zero-order chi connectivity index (χ0) is 13.7. The molecule has 98 valence electrons. The van der Waals surface area contributed by atoms with Crippen molar-refractivity contribution in [1.82, 2.24) is 0 Å². The summed E-state index contributed by atoms with van der Waals surface area (Å²) in [6, 6.07) is 13.5. The molecule has 0 saturated heterocycles. The minimum Gasteiger partial charge on any atom is -0.459 e. The van der Waals surface area contributed by atoms with Crippen molar-refractivity contribution in [1.29, 1.82) is 0 Å². The van der Waals surface area contributed by atoms with Gasteiger partial charge in [0.2, 0.25) is 0 Å². The van der Waals surface area contributed by atoms with Crippen molar-refractivity contribution in [2.45, 2.75) is 26.5 Å². The first-order chi connectivity index (χ1) is 9.16. The van der Waals surface area contributed by atoms with Crippen LogP contribution in [0.5, 0.6) is 0 Å². The van der Waals surface area contributed by atoms with Gasteiger partial charge in [0.05, 0.1) is 11.7 Å². The van der Waals surface area contributed by atoms with Crippen molar-refractivity contribution in [2.75, 3.05) is 0 Å². The number of ether oxygens (including phenoxy) is 1. The number of nitrogens with zero attached hydrogens (tertiary/aromatic N) is 1. The monoisotopic (exact) mass is 256 g/mol. The summed E-state index contributed by atoms with van der Waals surface area (Å²) in [6.45, 7) is 4.36. The van der Waals surface area contributed by atoms with Crippen molar-refractivity contribution in [3.05, 3.63) is 66.0 Å². The van der Waals surface area contributed by atoms with E-state index >= 15 is 0 Å². The predicted octanol–water partition coefficient (Wildman–Crippen LogP) is 2.59. The first-order valence-electron chi connectivity index (χ1n) is 6.40. The number of rotatable bonds is 4. The fourth-order valence-corrected chi connectivity index (χ4v) is 1.87. The van der Waals surface area contributed by atoms with Crippen molar-refractivity contribution >= 4 is 5.97 Å². The largest absolute Gasteiger partial charge is 0.459 e. The molecule has 0 amide bonds. The van der Waals surface area contributed by atoms with Crippen LogP contribution in [0.4, 0.5) is 0 Å². The molecule has 0 atom stereocenters. The Bertz CT molecular complexity index is 550. The first kappa shape index (κ1) is 13.3. The second-order valence-electron chi connectivity index (χ2n) is 4.66. The van der Waals surface area contributed by atoms with E-state index < -0.39 is 0 Å². The van der Waals surface area contributed by atoms with Crippen LogP contribution >= 0.6 is 0 Å². The van der Waals surface area contributed by atoms with E-state index in [1.165, 1.54) is 0 Å². The van der Waals surface area contributed by atoms with Crippen LogP contribution in [-0.4, -0.2) is 12.1 Å². The fraction of sp³-hybridized carbons (Fsp3) is 0.250. The van der Waals surface area contributed by atoms with Gasteiger partial charge in [-0.2, -0.15) is 0 Å². The molecule has 0 saturated carbocycles. The van der Waals surface area contributed by atoms with Gasteiger partial charge in [-0.05, 0) is 19.9 Å². The molecule has 2 aromatic rings. The third kappa shape index (κ3) is 3.65. The Balaban J connectivity index is 2.24. The second kappa shape index (κ2) is 6.14. The lowest BCUT2D eigenvalue weighted by Crippen LogP contribution is -2.33. The molecule has 0 aliphatic rings. The summed E-state index contributed by atoms with van der Waals surface area (Å²) in [5, 5.41) is 0. The van der Waals surface area contributed by atoms with Gasteiger partial charge < -0.3 is 4.74 Å². The number of pyridine rings is 1. The molecule has 0 bridgehead atoms. The molecule has 0 spiro atoms. The van der Waals surface area contributed by atoms with E-state index in [2.05, 4.69) is 0 Å². The Morgan fingerprint density at radius 3 is 2.47 bits per heavy atom. The summed E-state index contributed by atoms with van der Waals surface area (Å²) in [6.07, 6.45) is 3.85. The van der Waals surface area contributed by atoms with Crippen LogP contribution in [0, 0.1) is 0 Å². The maximum absolute atomic E-state index is 12.0. The van der Waals surface area contributed by atoms with Crippen molar-refractivity contribution in [3.63, 3.8) is 0 Å². The number of benzene rings is 1. The van der Waals surface area contributed by atoms with Gasteiger partial charge in [0, 0.05) is 17.7 Å². The molecular formula is C16H18NO2+. The highest BCUT2D eigenvalue weighted by atomic mass is 16.5. The fourth-order valence-electron chi connectivity index (χ4n) is 1.87. The van der Waals surface area contributed by atoms with E-state index in [4.69, 9.17) is 4.74 Å². The van der Waals surface area contributed by atoms with E-state index in [0.717, 1.165) is 5.56 Å². The summed E-state index contributed by atoms with van der Waals surface area (Å²) in [7, 11) is 0. The number of hydrogen-bond acceptors (Lipinski definition) is 2. The molecule has 0 aliphatic heterocycles. The second-order valence-corrected chi connectivity index (χ2v) is 4.66. The molecule has 0 N–H and O–H groups in total. The van der Waals surface area contributed by atoms with Crippen molar-refractivity contribution < 1.29 is 14.1 Å². The van der Waals surface area contributed by atoms with Gasteiger partial charge >= 0.3 is 5.97 Å². The van der Waals surface area contributed by atoms with Gasteiger partial charge in [0.25, 0.3) is 0 Å². The predicted molar refractivity (Wildman–Crippen MR) is 72.7 cm³/mol. The summed E-state index contributed by atoms with van der Waals surface area (Å²) in [4.78, 5) is 12.0. The molecule has 1 aromatic carbocycles. The summed E-state index contributed by atoms with van der Waals surface area (Å²) < 4.78 is 7.30. The van der Waals surface area contributed by atoms with Crippen LogP contribution in [0.2, 0.25) is 0 Å². The van der Waals surface area contributed by atoms with Gasteiger partial charge in [-0.3, -0.25) is 0 Å². The van der Waals surface area contributed by atoms with Crippen LogP contribution in [0.1, 0.15) is 29.8 Å². The van der Waals surface area contributed by atoms with Crippen LogP contribution in [-0.2, 0) is 11.3 Å². The number of esters is 1. The average molecular weight is 256 g/mol. The van der Waals surface area contributed by atoms with E-state index in [9.17, 15) is 4.79 Å². The highest BCUT2D eigenvalue weighted by Gasteiger charge is 2.15. The lowest BCUT2D eigenvalue weighted by atomic mass is 10.1. The Morgan fingerprint density at radius 2 is 1.79 bits per heavy atom. The quantitative estimate of drug-likeness (QED) is 0.621. The molecular weight excluding hydrogens is 238 g/mol. The number of aromatic nitrogens is 1. The topological polar surface area (TPSA) is 30.2 Å². The van der Waals surface area contributed by atoms with Crippen molar-refractivity contribution in [3.8, 4) is 0 Å². The zero-order valence-corrected chi connectivity index (χ0v) is 11.2. The minimum absolute atomic E-state index is 0.107. The normalized spacial score (nSPS) is 10.5. The Kier molecular flexibility index (Phi) is 4.29. The van der Waals surface area contributed by atoms with Gasteiger partial charge in [-0.25, -0.2) is 9.36 Å². The van der Waals surface area contributed by atoms with Crippen molar-refractivity contribution in [2.24, 2.45) is 0 Å². The lowest BCUT2D eigenvalue weighted by molar-refractivity contribution is -0.688. The van der Waals surface area contributed by atoms with Gasteiger partial charge in [0.1, 0.15) is 0 Å². The van der Waals surface area contributed by atoms with Gasteiger partial charge in [0.15, 0.2) is 18.9 Å². The van der Waals surface area contributed by atoms with Gasteiger partial charge in [-0.1, -0.05) is 24.3 Å². The van der Waals surface area contributed by atoms with Crippen LogP contribution in [0.15, 0.2) is 54.9 Å².